The van der Waals surface area contributed by atoms with Crippen LogP contribution in [0.1, 0.15) is 31.7 Å². The Morgan fingerprint density at radius 3 is 2.75 bits per heavy atom. The molecule has 1 aromatic carbocycles. The summed E-state index contributed by atoms with van der Waals surface area (Å²) in [6, 6.07) is 4.33. The molecular weight excluding hydrogens is 454 g/mol. The van der Waals surface area contributed by atoms with E-state index in [2.05, 4.69) is 15.0 Å². The zero-order valence-electron chi connectivity index (χ0n) is 16.9. The average molecular weight is 476 g/mol. The summed E-state index contributed by atoms with van der Waals surface area (Å²) in [5.41, 5.74) is 1.22. The van der Waals surface area contributed by atoms with Crippen LogP contribution < -0.4 is 5.32 Å². The molecule has 1 saturated carbocycles. The van der Waals surface area contributed by atoms with Crippen LogP contribution in [0, 0.1) is 11.7 Å². The van der Waals surface area contributed by atoms with E-state index >= 15 is 0 Å². The third kappa shape index (κ3) is 5.60. The quantitative estimate of drug-likeness (QED) is 0.625. The van der Waals surface area contributed by atoms with Gasteiger partial charge in [-0.15, -0.1) is 13.2 Å². The van der Waals surface area contributed by atoms with Crippen LogP contribution in [0.2, 0.25) is 5.02 Å². The number of carbonyl (C=O) groups excluding carboxylic acids is 1. The summed E-state index contributed by atoms with van der Waals surface area (Å²) >= 11 is 5.72. The van der Waals surface area contributed by atoms with Crippen LogP contribution in [-0.2, 0) is 14.3 Å². The van der Waals surface area contributed by atoms with Crippen molar-refractivity contribution in [2.45, 2.75) is 50.2 Å². The molecule has 4 rings (SSSR count). The highest BCUT2D eigenvalue weighted by atomic mass is 35.5. The van der Waals surface area contributed by atoms with Gasteiger partial charge >= 0.3 is 6.36 Å². The second-order valence-electron chi connectivity index (χ2n) is 8.19. The molecule has 2 aliphatic rings. The number of halogens is 5. The van der Waals surface area contributed by atoms with Crippen LogP contribution in [-0.4, -0.2) is 47.2 Å². The number of amides is 1. The van der Waals surface area contributed by atoms with Crippen molar-refractivity contribution in [2.24, 2.45) is 5.92 Å². The van der Waals surface area contributed by atoms with Crippen LogP contribution in [0.3, 0.4) is 0 Å². The maximum Gasteiger partial charge on any atom is 0.522 e. The molecule has 0 radical (unpaired) electrons. The van der Waals surface area contributed by atoms with E-state index < -0.39 is 18.3 Å². The molecule has 174 valence electrons. The van der Waals surface area contributed by atoms with E-state index in [1.54, 1.807) is 18.6 Å². The lowest BCUT2D eigenvalue weighted by molar-refractivity contribution is -0.330. The summed E-state index contributed by atoms with van der Waals surface area (Å²) < 4.78 is 61.3. The van der Waals surface area contributed by atoms with Crippen molar-refractivity contribution in [3.8, 4) is 11.3 Å². The highest BCUT2D eigenvalue weighted by Crippen LogP contribution is 2.31. The minimum Gasteiger partial charge on any atom is -0.366 e. The number of nitrogens with one attached hydrogen (secondary N) is 1. The Hall–Kier alpha value is -2.17. The number of alkyl halides is 3. The van der Waals surface area contributed by atoms with Gasteiger partial charge in [0.25, 0.3) is 0 Å². The SMILES string of the molecule is O=C(NC1CC(COC(F)(F)F)C1)[C@H]1CC[C@H](n2cnc(-c3ccc(Cl)c(F)c3)c2)CO1. The second-order valence-corrected chi connectivity index (χ2v) is 8.60. The monoisotopic (exact) mass is 475 g/mol. The maximum absolute atomic E-state index is 13.7. The van der Waals surface area contributed by atoms with E-state index in [-0.39, 0.29) is 35.5 Å². The smallest absolute Gasteiger partial charge is 0.366 e. The molecule has 1 aromatic heterocycles. The molecule has 1 N–H and O–H groups in total. The Balaban J connectivity index is 1.22. The van der Waals surface area contributed by atoms with E-state index in [1.165, 1.54) is 12.1 Å². The van der Waals surface area contributed by atoms with Crippen molar-refractivity contribution < 1.29 is 31.8 Å². The first-order valence-electron chi connectivity index (χ1n) is 10.3. The fraction of sp³-hybridized carbons (Fsp3) is 0.524. The molecule has 0 spiro atoms. The largest absolute Gasteiger partial charge is 0.522 e. The summed E-state index contributed by atoms with van der Waals surface area (Å²) in [5, 5.41) is 2.88. The zero-order chi connectivity index (χ0) is 22.9. The van der Waals surface area contributed by atoms with Gasteiger partial charge in [-0.05, 0) is 43.7 Å². The van der Waals surface area contributed by atoms with Crippen LogP contribution in [0.4, 0.5) is 17.6 Å². The topological polar surface area (TPSA) is 65.4 Å². The van der Waals surface area contributed by atoms with E-state index in [1.807, 2.05) is 4.57 Å². The van der Waals surface area contributed by atoms with Crippen molar-refractivity contribution in [3.63, 3.8) is 0 Å². The first-order chi connectivity index (χ1) is 15.2. The molecule has 0 unspecified atom stereocenters. The second kappa shape index (κ2) is 9.36. The molecule has 2 fully saturated rings. The third-order valence-corrected chi connectivity index (χ3v) is 6.15. The molecule has 6 nitrogen and oxygen atoms in total. The number of carbonyl (C=O) groups is 1. The van der Waals surface area contributed by atoms with Gasteiger partial charge in [-0.1, -0.05) is 17.7 Å². The van der Waals surface area contributed by atoms with Gasteiger partial charge < -0.3 is 14.6 Å². The first kappa shape index (κ1) is 23.0. The van der Waals surface area contributed by atoms with E-state index in [0.717, 1.165) is 0 Å². The van der Waals surface area contributed by atoms with Crippen molar-refractivity contribution in [1.29, 1.82) is 0 Å². The highest BCUT2D eigenvalue weighted by molar-refractivity contribution is 6.30. The third-order valence-electron chi connectivity index (χ3n) is 5.85. The Bertz CT molecular complexity index is 954. The Morgan fingerprint density at radius 1 is 1.31 bits per heavy atom. The van der Waals surface area contributed by atoms with Crippen LogP contribution in [0.25, 0.3) is 11.3 Å². The molecule has 0 bridgehead atoms. The van der Waals surface area contributed by atoms with E-state index in [4.69, 9.17) is 16.3 Å². The lowest BCUT2D eigenvalue weighted by Gasteiger charge is -2.37. The van der Waals surface area contributed by atoms with Crippen LogP contribution in [0.5, 0.6) is 0 Å². The summed E-state index contributed by atoms with van der Waals surface area (Å²) in [5.74, 6) is -0.964. The number of hydrogen-bond donors (Lipinski definition) is 1. The van der Waals surface area contributed by atoms with Gasteiger partial charge in [-0.3, -0.25) is 9.53 Å². The molecule has 2 heterocycles. The van der Waals surface area contributed by atoms with Crippen LogP contribution >= 0.6 is 11.6 Å². The van der Waals surface area contributed by atoms with Gasteiger partial charge in [-0.25, -0.2) is 9.37 Å². The summed E-state index contributed by atoms with van der Waals surface area (Å²) in [4.78, 5) is 16.7. The zero-order valence-corrected chi connectivity index (χ0v) is 17.7. The van der Waals surface area contributed by atoms with Crippen molar-refractivity contribution >= 4 is 17.5 Å². The Labute approximate surface area is 186 Å². The normalized spacial score (nSPS) is 25.9. The number of imidazole rings is 1. The molecule has 1 saturated heterocycles. The van der Waals surface area contributed by atoms with Crippen molar-refractivity contribution in [2.75, 3.05) is 13.2 Å². The van der Waals surface area contributed by atoms with E-state index in [9.17, 15) is 22.4 Å². The van der Waals surface area contributed by atoms with Gasteiger partial charge in [0.05, 0.1) is 36.3 Å². The Kier molecular flexibility index (Phi) is 6.73. The minimum absolute atomic E-state index is 0.00922. The molecule has 32 heavy (non-hydrogen) atoms. The number of rotatable bonds is 6. The number of benzene rings is 1. The molecule has 2 aromatic rings. The lowest BCUT2D eigenvalue weighted by atomic mass is 9.80. The van der Waals surface area contributed by atoms with Crippen molar-refractivity contribution in [3.05, 3.63) is 41.6 Å². The highest BCUT2D eigenvalue weighted by Gasteiger charge is 2.37. The molecule has 1 aliphatic carbocycles. The predicted octanol–water partition coefficient (Wildman–Crippen LogP) is 4.49. The van der Waals surface area contributed by atoms with Gasteiger partial charge in [0, 0.05) is 17.8 Å². The standard InChI is InChI=1S/C21H22ClF4N3O3/c22-16-3-1-13(7-17(16)23)18-8-29(11-27-18)15-2-4-19(31-10-15)20(30)28-14-5-12(6-14)9-32-21(24,25)26/h1,3,7-8,11-12,14-15,19H,2,4-6,9-10H2,(H,28,30)/t12?,14?,15-,19+/m0/s1. The van der Waals surface area contributed by atoms with Gasteiger partial charge in [-0.2, -0.15) is 0 Å². The van der Waals surface area contributed by atoms with Gasteiger partial charge in [0.1, 0.15) is 11.9 Å². The maximum atomic E-state index is 13.7. The molecule has 11 heteroatoms. The molecule has 1 aliphatic heterocycles. The fourth-order valence-corrected chi connectivity index (χ4v) is 4.13. The average Bonchev–Trinajstić information content (AvgIpc) is 3.21. The van der Waals surface area contributed by atoms with Gasteiger partial charge in [0.15, 0.2) is 0 Å². The summed E-state index contributed by atoms with van der Waals surface area (Å²) in [6.07, 6.45) is 0.345. The van der Waals surface area contributed by atoms with Crippen molar-refractivity contribution in [1.82, 2.24) is 14.9 Å². The first-order valence-corrected chi connectivity index (χ1v) is 10.7. The van der Waals surface area contributed by atoms with Crippen LogP contribution in [0.15, 0.2) is 30.7 Å². The number of nitrogens with zero attached hydrogens (tertiary/aromatic N) is 2. The molecule has 2 atom stereocenters. The van der Waals surface area contributed by atoms with Gasteiger partial charge in [0.2, 0.25) is 5.91 Å². The number of hydrogen-bond acceptors (Lipinski definition) is 4. The summed E-state index contributed by atoms with van der Waals surface area (Å²) in [6.45, 7) is -0.0669. The fourth-order valence-electron chi connectivity index (χ4n) is 4.02. The van der Waals surface area contributed by atoms with E-state index in [0.29, 0.717) is 43.5 Å². The Morgan fingerprint density at radius 2 is 2.09 bits per heavy atom. The summed E-state index contributed by atoms with van der Waals surface area (Å²) in [7, 11) is 0. The number of aromatic nitrogens is 2. The lowest BCUT2D eigenvalue weighted by Crippen LogP contribution is -2.50. The minimum atomic E-state index is -4.62. The number of ether oxygens (including phenoxy) is 2. The predicted molar refractivity (Wildman–Crippen MR) is 107 cm³/mol. The molecular formula is C21H22ClF4N3O3. The molecule has 1 amide bonds.